The summed E-state index contributed by atoms with van der Waals surface area (Å²) in [5.41, 5.74) is 0.0949. The zero-order valence-corrected chi connectivity index (χ0v) is 13.7. The molecule has 0 aliphatic rings. The number of nitrogens with one attached hydrogen (secondary N) is 1. The number of phenolic OH excluding ortho intramolecular Hbond substituents is 1. The molecule has 1 atom stereocenters. The van der Waals surface area contributed by atoms with Gasteiger partial charge in [-0.15, -0.1) is 0 Å². The van der Waals surface area contributed by atoms with Crippen molar-refractivity contribution in [2.45, 2.75) is 38.8 Å². The molecule has 2 N–H and O–H groups in total. The molecular weight excluding hydrogens is 298 g/mol. The molecule has 0 radical (unpaired) electrons. The highest BCUT2D eigenvalue weighted by Gasteiger charge is 2.25. The van der Waals surface area contributed by atoms with Gasteiger partial charge in [0, 0.05) is 6.42 Å². The fourth-order valence-corrected chi connectivity index (χ4v) is 1.75. The SMILES string of the molecule is C=CCOC(=O)C(Cc1ccc(O)cc1)NC(=O)OC(C)(C)C. The number of carbonyl (C=O) groups is 2. The van der Waals surface area contributed by atoms with Gasteiger partial charge in [0.2, 0.25) is 0 Å². The number of alkyl carbamates (subject to hydrolysis) is 1. The first kappa shape index (κ1) is 18.5. The molecule has 6 nitrogen and oxygen atoms in total. The topological polar surface area (TPSA) is 84.9 Å². The van der Waals surface area contributed by atoms with E-state index in [1.54, 1.807) is 32.9 Å². The molecule has 6 heteroatoms. The second-order valence-electron chi connectivity index (χ2n) is 5.99. The van der Waals surface area contributed by atoms with Gasteiger partial charge in [0.05, 0.1) is 0 Å². The number of hydrogen-bond donors (Lipinski definition) is 2. The third kappa shape index (κ3) is 7.35. The van der Waals surface area contributed by atoms with E-state index in [-0.39, 0.29) is 18.8 Å². The van der Waals surface area contributed by atoms with Gasteiger partial charge in [0.15, 0.2) is 0 Å². The number of esters is 1. The Morgan fingerprint density at radius 2 is 1.91 bits per heavy atom. The summed E-state index contributed by atoms with van der Waals surface area (Å²) in [4.78, 5) is 24.0. The largest absolute Gasteiger partial charge is 0.508 e. The first-order chi connectivity index (χ1) is 10.7. The van der Waals surface area contributed by atoms with Crippen LogP contribution in [0.2, 0.25) is 0 Å². The normalized spacial score (nSPS) is 12.1. The Labute approximate surface area is 136 Å². The van der Waals surface area contributed by atoms with Crippen molar-refractivity contribution in [2.75, 3.05) is 6.61 Å². The van der Waals surface area contributed by atoms with Gasteiger partial charge < -0.3 is 19.9 Å². The lowest BCUT2D eigenvalue weighted by Crippen LogP contribution is -2.45. The van der Waals surface area contributed by atoms with Gasteiger partial charge in [-0.05, 0) is 38.5 Å². The summed E-state index contributed by atoms with van der Waals surface area (Å²) in [6.45, 7) is 8.74. The van der Waals surface area contributed by atoms with E-state index in [1.165, 1.54) is 18.2 Å². The van der Waals surface area contributed by atoms with E-state index in [2.05, 4.69) is 11.9 Å². The van der Waals surface area contributed by atoms with Crippen molar-refractivity contribution in [3.63, 3.8) is 0 Å². The zero-order chi connectivity index (χ0) is 17.5. The average Bonchev–Trinajstić information content (AvgIpc) is 2.44. The van der Waals surface area contributed by atoms with Gasteiger partial charge in [-0.2, -0.15) is 0 Å². The van der Waals surface area contributed by atoms with E-state index in [0.29, 0.717) is 0 Å². The summed E-state index contributed by atoms with van der Waals surface area (Å²) < 4.78 is 10.2. The van der Waals surface area contributed by atoms with Gasteiger partial charge in [-0.25, -0.2) is 9.59 Å². The second kappa shape index (κ2) is 8.22. The van der Waals surface area contributed by atoms with E-state index in [1.807, 2.05) is 0 Å². The summed E-state index contributed by atoms with van der Waals surface area (Å²) in [7, 11) is 0. The van der Waals surface area contributed by atoms with Crippen LogP contribution in [0.15, 0.2) is 36.9 Å². The Morgan fingerprint density at radius 3 is 2.43 bits per heavy atom. The van der Waals surface area contributed by atoms with Crippen molar-refractivity contribution in [1.29, 1.82) is 0 Å². The first-order valence-electron chi connectivity index (χ1n) is 7.26. The van der Waals surface area contributed by atoms with Crippen LogP contribution in [-0.4, -0.2) is 35.4 Å². The molecule has 0 fully saturated rings. The van der Waals surface area contributed by atoms with Crippen LogP contribution in [0.5, 0.6) is 5.75 Å². The summed E-state index contributed by atoms with van der Waals surface area (Å²) in [6, 6.07) is 5.46. The molecular formula is C17H23NO5. The second-order valence-corrected chi connectivity index (χ2v) is 5.99. The van der Waals surface area contributed by atoms with E-state index >= 15 is 0 Å². The fraction of sp³-hybridized carbons (Fsp3) is 0.412. The van der Waals surface area contributed by atoms with Crippen molar-refractivity contribution in [3.8, 4) is 5.75 Å². The molecule has 0 saturated heterocycles. The molecule has 0 aromatic heterocycles. The van der Waals surface area contributed by atoms with Gasteiger partial charge >= 0.3 is 12.1 Å². The van der Waals surface area contributed by atoms with Crippen LogP contribution < -0.4 is 5.32 Å². The molecule has 0 spiro atoms. The first-order valence-corrected chi connectivity index (χ1v) is 7.26. The molecule has 0 aliphatic carbocycles. The van der Waals surface area contributed by atoms with Gasteiger partial charge in [0.1, 0.15) is 24.0 Å². The van der Waals surface area contributed by atoms with E-state index in [9.17, 15) is 14.7 Å². The molecule has 0 saturated carbocycles. The van der Waals surface area contributed by atoms with Crippen molar-refractivity contribution in [1.82, 2.24) is 5.32 Å². The Hall–Kier alpha value is -2.50. The molecule has 0 heterocycles. The highest BCUT2D eigenvalue weighted by atomic mass is 16.6. The quantitative estimate of drug-likeness (QED) is 0.621. The molecule has 1 aromatic carbocycles. The van der Waals surface area contributed by atoms with Gasteiger partial charge in [-0.1, -0.05) is 24.8 Å². The molecule has 1 amide bonds. The monoisotopic (exact) mass is 321 g/mol. The van der Waals surface area contributed by atoms with E-state index < -0.39 is 23.7 Å². The van der Waals surface area contributed by atoms with Crippen LogP contribution >= 0.6 is 0 Å². The lowest BCUT2D eigenvalue weighted by atomic mass is 10.1. The highest BCUT2D eigenvalue weighted by molar-refractivity contribution is 5.81. The summed E-state index contributed by atoms with van der Waals surface area (Å²) >= 11 is 0. The number of aromatic hydroxyl groups is 1. The molecule has 1 aromatic rings. The van der Waals surface area contributed by atoms with Crippen LogP contribution in [0.25, 0.3) is 0 Å². The summed E-state index contributed by atoms with van der Waals surface area (Å²) in [5.74, 6) is -0.455. The van der Waals surface area contributed by atoms with Crippen LogP contribution in [0, 0.1) is 0 Å². The predicted octanol–water partition coefficient (Wildman–Crippen LogP) is 2.56. The minimum absolute atomic E-state index is 0.0565. The molecule has 126 valence electrons. The number of ether oxygens (including phenoxy) is 2. The smallest absolute Gasteiger partial charge is 0.408 e. The number of rotatable bonds is 6. The standard InChI is InChI=1S/C17H23NO5/c1-5-10-22-15(20)14(18-16(21)23-17(2,3)4)11-12-6-8-13(19)9-7-12/h5-9,14,19H,1,10-11H2,2-4H3,(H,18,21). The lowest BCUT2D eigenvalue weighted by Gasteiger charge is -2.23. The maximum atomic E-state index is 12.1. The number of phenols is 1. The maximum Gasteiger partial charge on any atom is 0.408 e. The zero-order valence-electron chi connectivity index (χ0n) is 13.7. The molecule has 0 bridgehead atoms. The minimum atomic E-state index is -0.894. The van der Waals surface area contributed by atoms with Crippen molar-refractivity contribution >= 4 is 12.1 Å². The fourth-order valence-electron chi connectivity index (χ4n) is 1.75. The lowest BCUT2D eigenvalue weighted by molar-refractivity contribution is -0.144. The van der Waals surface area contributed by atoms with E-state index in [0.717, 1.165) is 5.56 Å². The Kier molecular flexibility index (Phi) is 6.63. The number of hydrogen-bond acceptors (Lipinski definition) is 5. The molecule has 23 heavy (non-hydrogen) atoms. The van der Waals surface area contributed by atoms with Crippen molar-refractivity contribution < 1.29 is 24.2 Å². The Bertz CT molecular complexity index is 545. The molecule has 0 aliphatic heterocycles. The van der Waals surface area contributed by atoms with Crippen LogP contribution in [-0.2, 0) is 20.7 Å². The van der Waals surface area contributed by atoms with Crippen molar-refractivity contribution in [3.05, 3.63) is 42.5 Å². The molecule has 1 rings (SSSR count). The van der Waals surface area contributed by atoms with Crippen LogP contribution in [0.3, 0.4) is 0 Å². The highest BCUT2D eigenvalue weighted by Crippen LogP contribution is 2.13. The van der Waals surface area contributed by atoms with Crippen LogP contribution in [0.4, 0.5) is 4.79 Å². The summed E-state index contributed by atoms with van der Waals surface area (Å²) in [5, 5.41) is 11.8. The summed E-state index contributed by atoms with van der Waals surface area (Å²) in [6.07, 6.45) is 0.968. The van der Waals surface area contributed by atoms with Crippen molar-refractivity contribution in [2.24, 2.45) is 0 Å². The third-order valence-corrected chi connectivity index (χ3v) is 2.70. The van der Waals surface area contributed by atoms with E-state index in [4.69, 9.17) is 9.47 Å². The third-order valence-electron chi connectivity index (χ3n) is 2.70. The Balaban J connectivity index is 2.79. The number of benzene rings is 1. The van der Waals surface area contributed by atoms with Crippen LogP contribution in [0.1, 0.15) is 26.3 Å². The minimum Gasteiger partial charge on any atom is -0.508 e. The number of carbonyl (C=O) groups excluding carboxylic acids is 2. The Morgan fingerprint density at radius 1 is 1.30 bits per heavy atom. The van der Waals surface area contributed by atoms with Gasteiger partial charge in [0.25, 0.3) is 0 Å². The average molecular weight is 321 g/mol. The number of amides is 1. The predicted molar refractivity (Wildman–Crippen MR) is 86.1 cm³/mol. The molecule has 1 unspecified atom stereocenters. The van der Waals surface area contributed by atoms with Gasteiger partial charge in [-0.3, -0.25) is 0 Å². The maximum absolute atomic E-state index is 12.1.